The molecule has 2 amide bonds. The summed E-state index contributed by atoms with van der Waals surface area (Å²) < 4.78 is 4.95. The molecule has 0 spiro atoms. The Labute approximate surface area is 200 Å². The third-order valence-electron chi connectivity index (χ3n) is 5.24. The number of nitrogens with zero attached hydrogens (tertiary/aromatic N) is 1. The number of benzene rings is 2. The summed E-state index contributed by atoms with van der Waals surface area (Å²) in [6.45, 7) is 2.55. The number of ether oxygens (including phenoxy) is 1. The van der Waals surface area contributed by atoms with E-state index in [2.05, 4.69) is 21.4 Å². The Balaban J connectivity index is 1.31. The molecule has 33 heavy (non-hydrogen) atoms. The number of fused-ring (bicyclic) bond motifs is 1. The molecule has 0 saturated carbocycles. The highest BCUT2D eigenvalue weighted by Gasteiger charge is 2.44. The third kappa shape index (κ3) is 5.59. The number of esters is 1. The van der Waals surface area contributed by atoms with E-state index in [0.717, 1.165) is 5.69 Å². The third-order valence-corrected chi connectivity index (χ3v) is 6.51. The summed E-state index contributed by atoms with van der Waals surface area (Å²) in [7, 11) is 0. The Morgan fingerprint density at radius 3 is 2.61 bits per heavy atom. The number of anilines is 2. The predicted octanol–water partition coefficient (Wildman–Crippen LogP) is 2.16. The highest BCUT2D eigenvalue weighted by molar-refractivity contribution is 8.00. The van der Waals surface area contributed by atoms with Crippen molar-refractivity contribution in [3.8, 4) is 0 Å². The fourth-order valence-electron chi connectivity index (χ4n) is 3.65. The Kier molecular flexibility index (Phi) is 7.39. The fourth-order valence-corrected chi connectivity index (χ4v) is 4.60. The lowest BCUT2D eigenvalue weighted by atomic mass is 10.1. The summed E-state index contributed by atoms with van der Waals surface area (Å²) >= 11 is 7.27. The summed E-state index contributed by atoms with van der Waals surface area (Å²) in [6.07, 6.45) is -0.254. The van der Waals surface area contributed by atoms with E-state index in [1.807, 2.05) is 17.1 Å². The average molecular weight is 490 g/mol. The van der Waals surface area contributed by atoms with Crippen LogP contribution in [0, 0.1) is 5.92 Å². The van der Waals surface area contributed by atoms with Crippen LogP contribution >= 0.6 is 23.4 Å². The van der Waals surface area contributed by atoms with E-state index in [9.17, 15) is 14.4 Å². The maximum Gasteiger partial charge on any atom is 0.338 e. The number of amides is 2. The van der Waals surface area contributed by atoms with Gasteiger partial charge in [0.1, 0.15) is 11.7 Å². The number of halogens is 1. The first-order valence-corrected chi connectivity index (χ1v) is 11.9. The molecule has 0 radical (unpaired) electrons. The quantitative estimate of drug-likeness (QED) is 0.438. The second kappa shape index (κ2) is 10.4. The Morgan fingerprint density at radius 1 is 1.18 bits per heavy atom. The summed E-state index contributed by atoms with van der Waals surface area (Å²) in [6, 6.07) is 13.9. The van der Waals surface area contributed by atoms with Crippen LogP contribution in [0.15, 0.2) is 48.5 Å². The molecule has 2 saturated heterocycles. The van der Waals surface area contributed by atoms with E-state index in [-0.39, 0.29) is 29.7 Å². The van der Waals surface area contributed by atoms with Gasteiger partial charge in [-0.15, -0.1) is 11.8 Å². The lowest BCUT2D eigenvalue weighted by Crippen LogP contribution is -2.63. The summed E-state index contributed by atoms with van der Waals surface area (Å²) in [5.74, 6) is -0.832. The first-order chi connectivity index (χ1) is 15.9. The van der Waals surface area contributed by atoms with Crippen molar-refractivity contribution in [3.63, 3.8) is 0 Å². The molecule has 0 aliphatic carbocycles. The zero-order chi connectivity index (χ0) is 23.4. The van der Waals surface area contributed by atoms with Crippen LogP contribution in [0.3, 0.4) is 0 Å². The zero-order valence-corrected chi connectivity index (χ0v) is 19.4. The molecule has 11 heteroatoms. The van der Waals surface area contributed by atoms with Gasteiger partial charge >= 0.3 is 5.97 Å². The Morgan fingerprint density at radius 2 is 1.91 bits per heavy atom. The SMILES string of the molecule is CCOC(=O)c1ccc(NC(=O)CSC2NC(=O)C3CNN(c4ccc(Cl)cc4)C3N2)cc1. The second-order valence-electron chi connectivity index (χ2n) is 7.47. The Bertz CT molecular complexity index is 1020. The normalized spacial score (nSPS) is 21.8. The standard InChI is InChI=1S/C22H24ClN5O4S/c1-2-32-21(31)13-3-7-15(8-4-13)25-18(29)12-33-22-26-19-17(20(30)27-22)11-24-28(19)16-9-5-14(23)6-10-16/h3-10,17,19,22,24,26H,2,11-12H2,1H3,(H,25,29)(H,27,30). The Hall–Kier alpha value is -2.79. The van der Waals surface area contributed by atoms with Crippen molar-refractivity contribution in [2.75, 3.05) is 29.2 Å². The molecule has 3 atom stereocenters. The topological polar surface area (TPSA) is 112 Å². The number of rotatable bonds is 7. The average Bonchev–Trinajstić information content (AvgIpc) is 3.23. The van der Waals surface area contributed by atoms with Gasteiger partial charge in [-0.25, -0.2) is 10.2 Å². The molecule has 9 nitrogen and oxygen atoms in total. The molecule has 2 fully saturated rings. The zero-order valence-electron chi connectivity index (χ0n) is 17.8. The van der Waals surface area contributed by atoms with Crippen LogP contribution < -0.4 is 26.4 Å². The van der Waals surface area contributed by atoms with Crippen LogP contribution in [0.2, 0.25) is 5.02 Å². The van der Waals surface area contributed by atoms with E-state index in [1.165, 1.54) is 11.8 Å². The minimum atomic E-state index is -0.426. The molecule has 2 aliphatic heterocycles. The van der Waals surface area contributed by atoms with Gasteiger partial charge in [-0.05, 0) is 55.5 Å². The van der Waals surface area contributed by atoms with Gasteiger partial charge in [0.15, 0.2) is 0 Å². The molecule has 4 N–H and O–H groups in total. The van der Waals surface area contributed by atoms with Gasteiger partial charge < -0.3 is 15.4 Å². The van der Waals surface area contributed by atoms with E-state index in [0.29, 0.717) is 29.4 Å². The number of thioether (sulfide) groups is 1. The smallest absolute Gasteiger partial charge is 0.338 e. The van der Waals surface area contributed by atoms with Crippen molar-refractivity contribution in [1.82, 2.24) is 16.1 Å². The maximum absolute atomic E-state index is 12.6. The number of hydrogen-bond acceptors (Lipinski definition) is 8. The minimum Gasteiger partial charge on any atom is -0.462 e. The largest absolute Gasteiger partial charge is 0.462 e. The van der Waals surface area contributed by atoms with Crippen LogP contribution in [0.25, 0.3) is 0 Å². The first kappa shape index (κ1) is 23.4. The monoisotopic (exact) mass is 489 g/mol. The lowest BCUT2D eigenvalue weighted by Gasteiger charge is -2.37. The molecule has 2 heterocycles. The molecule has 0 bridgehead atoms. The number of carbonyl (C=O) groups excluding carboxylic acids is 3. The number of nitrogens with one attached hydrogen (secondary N) is 4. The first-order valence-electron chi connectivity index (χ1n) is 10.5. The molecule has 4 rings (SSSR count). The summed E-state index contributed by atoms with van der Waals surface area (Å²) in [5.41, 5.74) is 4.71. The van der Waals surface area contributed by atoms with Crippen LogP contribution in [-0.2, 0) is 14.3 Å². The van der Waals surface area contributed by atoms with Gasteiger partial charge in [0.2, 0.25) is 11.8 Å². The molecule has 2 aromatic carbocycles. The van der Waals surface area contributed by atoms with E-state index in [4.69, 9.17) is 16.3 Å². The molecule has 2 aromatic rings. The van der Waals surface area contributed by atoms with Gasteiger partial charge in [0.05, 0.1) is 29.5 Å². The number of carbonyl (C=O) groups is 3. The number of hydrazine groups is 1. The van der Waals surface area contributed by atoms with Crippen molar-refractivity contribution < 1.29 is 19.1 Å². The van der Waals surface area contributed by atoms with Gasteiger partial charge in [-0.2, -0.15) is 0 Å². The van der Waals surface area contributed by atoms with Crippen molar-refractivity contribution >= 4 is 52.5 Å². The lowest BCUT2D eigenvalue weighted by molar-refractivity contribution is -0.127. The highest BCUT2D eigenvalue weighted by atomic mass is 35.5. The van der Waals surface area contributed by atoms with Crippen LogP contribution in [0.5, 0.6) is 0 Å². The second-order valence-corrected chi connectivity index (χ2v) is 9.00. The molecular formula is C22H24ClN5O4S. The summed E-state index contributed by atoms with van der Waals surface area (Å²) in [4.78, 5) is 36.7. The van der Waals surface area contributed by atoms with Crippen LogP contribution in [0.1, 0.15) is 17.3 Å². The van der Waals surface area contributed by atoms with Gasteiger partial charge in [-0.1, -0.05) is 11.6 Å². The molecule has 2 aliphatic rings. The molecular weight excluding hydrogens is 466 g/mol. The molecule has 3 unspecified atom stereocenters. The van der Waals surface area contributed by atoms with Gasteiger partial charge in [0.25, 0.3) is 0 Å². The fraction of sp³-hybridized carbons (Fsp3) is 0.318. The summed E-state index contributed by atoms with van der Waals surface area (Å²) in [5, 5.41) is 11.6. The van der Waals surface area contributed by atoms with Crippen molar-refractivity contribution in [1.29, 1.82) is 0 Å². The van der Waals surface area contributed by atoms with E-state index >= 15 is 0 Å². The van der Waals surface area contributed by atoms with E-state index < -0.39 is 11.5 Å². The maximum atomic E-state index is 12.6. The molecule has 174 valence electrons. The minimum absolute atomic E-state index is 0.0739. The highest BCUT2D eigenvalue weighted by Crippen LogP contribution is 2.28. The van der Waals surface area contributed by atoms with Crippen molar-refractivity contribution in [2.45, 2.75) is 18.6 Å². The van der Waals surface area contributed by atoms with Crippen molar-refractivity contribution in [2.24, 2.45) is 5.92 Å². The predicted molar refractivity (Wildman–Crippen MR) is 128 cm³/mol. The number of hydrogen-bond donors (Lipinski definition) is 4. The van der Waals surface area contributed by atoms with Gasteiger partial charge in [0, 0.05) is 17.3 Å². The van der Waals surface area contributed by atoms with Crippen LogP contribution in [-0.4, -0.2) is 48.4 Å². The molecule has 0 aromatic heterocycles. The van der Waals surface area contributed by atoms with Crippen molar-refractivity contribution in [3.05, 3.63) is 59.1 Å². The van der Waals surface area contributed by atoms with Crippen LogP contribution in [0.4, 0.5) is 11.4 Å². The van der Waals surface area contributed by atoms with Gasteiger partial charge in [-0.3, -0.25) is 19.9 Å². The van der Waals surface area contributed by atoms with E-state index in [1.54, 1.807) is 43.3 Å².